The molecular weight excluding hydrogens is 314 g/mol. The number of halogens is 2. The number of rotatable bonds is 2. The van der Waals surface area contributed by atoms with Gasteiger partial charge in [-0.2, -0.15) is 0 Å². The van der Waals surface area contributed by atoms with Crippen LogP contribution in [-0.2, 0) is 0 Å². The minimum Gasteiger partial charge on any atom is -0.319 e. The monoisotopic (exact) mass is 321 g/mol. The zero-order valence-corrected chi connectivity index (χ0v) is 11.9. The van der Waals surface area contributed by atoms with E-state index < -0.39 is 0 Å². The summed E-state index contributed by atoms with van der Waals surface area (Å²) in [5, 5.41) is 0. The Morgan fingerprint density at radius 3 is 2.53 bits per heavy atom. The van der Waals surface area contributed by atoms with Gasteiger partial charge >= 0.3 is 0 Å². The Morgan fingerprint density at radius 2 is 2.07 bits per heavy atom. The number of aryl methyl sites for hydroxylation is 1. The Kier molecular flexibility index (Phi) is 3.52. The first kappa shape index (κ1) is 11.6. The van der Waals surface area contributed by atoms with E-state index in [0.717, 1.165) is 23.4 Å². The lowest BCUT2D eigenvalue weighted by Gasteiger charge is -2.05. The molecule has 1 atom stereocenters. The van der Waals surface area contributed by atoms with Crippen LogP contribution in [0.25, 0.3) is 0 Å². The van der Waals surface area contributed by atoms with Crippen LogP contribution in [0.5, 0.6) is 0 Å². The van der Waals surface area contributed by atoms with Gasteiger partial charge in [0.1, 0.15) is 0 Å². The quantitative estimate of drug-likeness (QED) is 0.860. The highest BCUT2D eigenvalue weighted by atomic mass is 79.9. The maximum atomic E-state index is 6.15. The van der Waals surface area contributed by atoms with Gasteiger partial charge < -0.3 is 5.73 Å². The van der Waals surface area contributed by atoms with Gasteiger partial charge in [0.05, 0.1) is 14.2 Å². The predicted molar refractivity (Wildman–Crippen MR) is 72.1 cm³/mol. The zero-order valence-electron chi connectivity index (χ0n) is 7.96. The molecule has 15 heavy (non-hydrogen) atoms. The summed E-state index contributed by atoms with van der Waals surface area (Å²) in [6.45, 7) is 2.00. The number of hydrogen-bond acceptors (Lipinski definition) is 3. The lowest BCUT2D eigenvalue weighted by atomic mass is 10.2. The summed E-state index contributed by atoms with van der Waals surface area (Å²) < 4.78 is 1.93. The second kappa shape index (κ2) is 4.55. The lowest BCUT2D eigenvalue weighted by molar-refractivity contribution is 0.916. The lowest BCUT2D eigenvalue weighted by Crippen LogP contribution is -2.07. The molecule has 0 fully saturated rings. The molecule has 1 unspecified atom stereocenters. The predicted octanol–water partition coefficient (Wildman–Crippen LogP) is 4.58. The fourth-order valence-electron chi connectivity index (χ4n) is 1.27. The first-order chi connectivity index (χ1) is 7.08. The van der Waals surface area contributed by atoms with E-state index in [1.807, 2.05) is 19.1 Å². The van der Waals surface area contributed by atoms with Crippen LogP contribution in [0.15, 0.2) is 22.0 Å². The molecular formula is C10H9BrClNS2. The van der Waals surface area contributed by atoms with E-state index in [4.69, 9.17) is 17.3 Å². The summed E-state index contributed by atoms with van der Waals surface area (Å²) in [7, 11) is 0. The minimum atomic E-state index is -0.0579. The molecule has 0 amide bonds. The third-order valence-electron chi connectivity index (χ3n) is 2.08. The summed E-state index contributed by atoms with van der Waals surface area (Å²) in [6, 6.07) is 6.06. The molecule has 80 valence electrons. The highest BCUT2D eigenvalue weighted by molar-refractivity contribution is 9.11. The largest absolute Gasteiger partial charge is 0.319 e. The van der Waals surface area contributed by atoms with Crippen LogP contribution in [0, 0.1) is 6.92 Å². The van der Waals surface area contributed by atoms with Crippen molar-refractivity contribution >= 4 is 50.2 Å². The van der Waals surface area contributed by atoms with Crippen LogP contribution in [0.1, 0.15) is 21.4 Å². The number of hydrogen-bond donors (Lipinski definition) is 1. The molecule has 0 radical (unpaired) electrons. The molecule has 0 saturated carbocycles. The van der Waals surface area contributed by atoms with Crippen molar-refractivity contribution in [1.82, 2.24) is 0 Å². The van der Waals surface area contributed by atoms with Gasteiger partial charge in [0, 0.05) is 9.75 Å². The van der Waals surface area contributed by atoms with Crippen molar-refractivity contribution in [2.45, 2.75) is 13.0 Å². The molecule has 0 spiro atoms. The summed E-state index contributed by atoms with van der Waals surface area (Å²) in [6.07, 6.45) is 0. The van der Waals surface area contributed by atoms with Gasteiger partial charge in [-0.3, -0.25) is 0 Å². The van der Waals surface area contributed by atoms with Gasteiger partial charge in [-0.25, -0.2) is 0 Å². The fraction of sp³-hybridized carbons (Fsp3) is 0.200. The molecule has 2 aromatic rings. The molecule has 0 aromatic carbocycles. The van der Waals surface area contributed by atoms with Crippen LogP contribution in [0.3, 0.4) is 0 Å². The summed E-state index contributed by atoms with van der Waals surface area (Å²) in [5.41, 5.74) is 7.25. The van der Waals surface area contributed by atoms with Crippen LogP contribution in [0.2, 0.25) is 4.34 Å². The zero-order chi connectivity index (χ0) is 11.0. The number of nitrogens with two attached hydrogens (primary N) is 1. The van der Waals surface area contributed by atoms with E-state index in [0.29, 0.717) is 0 Å². The Balaban J connectivity index is 2.31. The van der Waals surface area contributed by atoms with Gasteiger partial charge in [-0.15, -0.1) is 22.7 Å². The standard InChI is InChI=1S/C10H9BrClNS2/c1-5-4-7(15-10(5)12)9(13)6-2-3-8(11)14-6/h2-4,9H,13H2,1H3. The fourth-order valence-corrected chi connectivity index (χ4v) is 4.03. The van der Waals surface area contributed by atoms with E-state index in [-0.39, 0.29) is 6.04 Å². The maximum Gasteiger partial charge on any atom is 0.0961 e. The van der Waals surface area contributed by atoms with Crippen LogP contribution in [-0.4, -0.2) is 0 Å². The van der Waals surface area contributed by atoms with Gasteiger partial charge in [-0.1, -0.05) is 11.6 Å². The van der Waals surface area contributed by atoms with Crippen molar-refractivity contribution in [1.29, 1.82) is 0 Å². The Morgan fingerprint density at radius 1 is 1.33 bits per heavy atom. The van der Waals surface area contributed by atoms with Crippen molar-refractivity contribution < 1.29 is 0 Å². The average Bonchev–Trinajstić information content (AvgIpc) is 2.74. The average molecular weight is 323 g/mol. The second-order valence-electron chi connectivity index (χ2n) is 3.23. The van der Waals surface area contributed by atoms with Crippen molar-refractivity contribution in [2.75, 3.05) is 0 Å². The first-order valence-electron chi connectivity index (χ1n) is 4.34. The van der Waals surface area contributed by atoms with E-state index in [2.05, 4.69) is 22.0 Å². The van der Waals surface area contributed by atoms with Gasteiger partial charge in [0.15, 0.2) is 0 Å². The molecule has 2 rings (SSSR count). The molecule has 2 heterocycles. The topological polar surface area (TPSA) is 26.0 Å². The molecule has 1 nitrogen and oxygen atoms in total. The molecule has 0 bridgehead atoms. The summed E-state index contributed by atoms with van der Waals surface area (Å²) in [5.74, 6) is 0. The van der Waals surface area contributed by atoms with Gasteiger partial charge in [0.2, 0.25) is 0 Å². The molecule has 0 saturated heterocycles. The minimum absolute atomic E-state index is 0.0579. The normalized spacial score (nSPS) is 13.1. The maximum absolute atomic E-state index is 6.15. The van der Waals surface area contributed by atoms with Gasteiger partial charge in [0.25, 0.3) is 0 Å². The summed E-state index contributed by atoms with van der Waals surface area (Å²) in [4.78, 5) is 2.27. The molecule has 0 aliphatic carbocycles. The third-order valence-corrected chi connectivity index (χ3v) is 5.43. The van der Waals surface area contributed by atoms with Crippen molar-refractivity contribution in [2.24, 2.45) is 5.73 Å². The smallest absolute Gasteiger partial charge is 0.0961 e. The molecule has 5 heteroatoms. The Hall–Kier alpha value is 0.130. The van der Waals surface area contributed by atoms with Crippen molar-refractivity contribution in [3.05, 3.63) is 41.6 Å². The van der Waals surface area contributed by atoms with Crippen LogP contribution >= 0.6 is 50.2 Å². The molecule has 2 aromatic heterocycles. The van der Waals surface area contributed by atoms with E-state index in [1.54, 1.807) is 22.7 Å². The highest BCUT2D eigenvalue weighted by Crippen LogP contribution is 2.36. The second-order valence-corrected chi connectivity index (χ2v) is 7.41. The van der Waals surface area contributed by atoms with E-state index in [1.165, 1.54) is 0 Å². The van der Waals surface area contributed by atoms with Crippen molar-refractivity contribution in [3.8, 4) is 0 Å². The summed E-state index contributed by atoms with van der Waals surface area (Å²) >= 11 is 12.7. The molecule has 0 aliphatic rings. The van der Waals surface area contributed by atoms with E-state index >= 15 is 0 Å². The Labute approximate surface area is 110 Å². The van der Waals surface area contributed by atoms with Crippen molar-refractivity contribution in [3.63, 3.8) is 0 Å². The molecule has 0 aliphatic heterocycles. The highest BCUT2D eigenvalue weighted by Gasteiger charge is 2.14. The SMILES string of the molecule is Cc1cc(C(N)c2ccc(Br)s2)sc1Cl. The van der Waals surface area contributed by atoms with Crippen LogP contribution < -0.4 is 5.73 Å². The van der Waals surface area contributed by atoms with E-state index in [9.17, 15) is 0 Å². The van der Waals surface area contributed by atoms with Crippen LogP contribution in [0.4, 0.5) is 0 Å². The molecule has 2 N–H and O–H groups in total. The third kappa shape index (κ3) is 2.45. The number of thiophene rings is 2. The Bertz CT molecular complexity index is 458. The first-order valence-corrected chi connectivity index (χ1v) is 7.15. The van der Waals surface area contributed by atoms with Gasteiger partial charge in [-0.05, 0) is 46.6 Å².